The Hall–Kier alpha value is -2.90. The number of carbonyl (C=O) groups is 1. The van der Waals surface area contributed by atoms with E-state index in [0.29, 0.717) is 5.56 Å². The van der Waals surface area contributed by atoms with Crippen molar-refractivity contribution in [1.82, 2.24) is 0 Å². The molecule has 0 spiro atoms. The minimum Gasteiger partial charge on any atom is -0.508 e. The average molecular weight is 499 g/mol. The zero-order valence-corrected chi connectivity index (χ0v) is 18.9. The molecular weight excluding hydrogens is 480 g/mol. The Balaban J connectivity index is 1.87. The molecule has 3 aromatic carbocycles. The van der Waals surface area contributed by atoms with Crippen molar-refractivity contribution in [1.29, 1.82) is 0 Å². The highest BCUT2D eigenvalue weighted by Crippen LogP contribution is 2.37. The largest absolute Gasteiger partial charge is 0.508 e. The Kier molecular flexibility index (Phi) is 8.10. The van der Waals surface area contributed by atoms with E-state index in [1.807, 2.05) is 0 Å². The third-order valence-corrected chi connectivity index (χ3v) is 5.56. The summed E-state index contributed by atoms with van der Waals surface area (Å²) in [5.74, 6) is -3.40. The van der Waals surface area contributed by atoms with Gasteiger partial charge in [0.05, 0.1) is 11.6 Å². The normalized spacial score (nSPS) is 10.8. The number of aromatic hydroxyl groups is 1. The monoisotopic (exact) mass is 498 g/mol. The predicted octanol–water partition coefficient (Wildman–Crippen LogP) is 6.24. The quantitative estimate of drug-likeness (QED) is 0.295. The van der Waals surface area contributed by atoms with Crippen LogP contribution in [-0.2, 0) is 22.4 Å². The van der Waals surface area contributed by atoms with Crippen molar-refractivity contribution in [3.63, 3.8) is 0 Å². The number of phenolic OH excluding ortho intramolecular Hbond substituents is 1. The Morgan fingerprint density at radius 2 is 1.67 bits per heavy atom. The first-order chi connectivity index (χ1) is 15.7. The van der Waals surface area contributed by atoms with Crippen molar-refractivity contribution in [3.05, 3.63) is 92.2 Å². The summed E-state index contributed by atoms with van der Waals surface area (Å²) >= 11 is 12.4. The number of hydrogen-bond donors (Lipinski definition) is 1. The van der Waals surface area contributed by atoms with Gasteiger partial charge in [-0.25, -0.2) is 18.0 Å². The molecule has 0 bridgehead atoms. The molecule has 0 atom stereocenters. The van der Waals surface area contributed by atoms with Crippen LogP contribution in [0.5, 0.6) is 11.5 Å². The highest BCUT2D eigenvalue weighted by atomic mass is 35.5. The first-order valence-electron chi connectivity index (χ1n) is 9.89. The maximum Gasteiger partial charge on any atom is 0.344 e. The first-order valence-corrected chi connectivity index (χ1v) is 10.6. The van der Waals surface area contributed by atoms with Crippen LogP contribution in [0.2, 0.25) is 10.0 Å². The van der Waals surface area contributed by atoms with E-state index in [0.717, 1.165) is 6.07 Å². The molecule has 0 aliphatic rings. The highest BCUT2D eigenvalue weighted by molar-refractivity contribution is 6.36. The first kappa shape index (κ1) is 24.7. The molecular formula is C24H19Cl2F3O4. The SMILES string of the molecule is CCOC(=O)COc1cc(Cl)c(Cc2ccc(O)c(Cc3ccc(F)cc3)c2F)c(Cl)c1F. The van der Waals surface area contributed by atoms with E-state index in [4.69, 9.17) is 32.7 Å². The summed E-state index contributed by atoms with van der Waals surface area (Å²) in [4.78, 5) is 11.4. The molecule has 4 nitrogen and oxygen atoms in total. The van der Waals surface area contributed by atoms with Crippen molar-refractivity contribution < 1.29 is 32.5 Å². The summed E-state index contributed by atoms with van der Waals surface area (Å²) in [5.41, 5.74) is 0.819. The second-order valence-corrected chi connectivity index (χ2v) is 7.86. The zero-order valence-electron chi connectivity index (χ0n) is 17.4. The van der Waals surface area contributed by atoms with E-state index in [-0.39, 0.29) is 57.7 Å². The van der Waals surface area contributed by atoms with Crippen LogP contribution in [0.25, 0.3) is 0 Å². The van der Waals surface area contributed by atoms with Gasteiger partial charge in [-0.05, 0) is 41.8 Å². The number of esters is 1. The van der Waals surface area contributed by atoms with Gasteiger partial charge < -0.3 is 14.6 Å². The second-order valence-electron chi connectivity index (χ2n) is 7.07. The number of benzene rings is 3. The van der Waals surface area contributed by atoms with Gasteiger partial charge in [-0.2, -0.15) is 0 Å². The average Bonchev–Trinajstić information content (AvgIpc) is 2.78. The fraction of sp³-hybridized carbons (Fsp3) is 0.208. The van der Waals surface area contributed by atoms with Gasteiger partial charge in [0.2, 0.25) is 0 Å². The molecule has 1 N–H and O–H groups in total. The lowest BCUT2D eigenvalue weighted by Crippen LogP contribution is -2.15. The molecule has 0 fully saturated rings. The van der Waals surface area contributed by atoms with E-state index < -0.39 is 30.0 Å². The van der Waals surface area contributed by atoms with Crippen LogP contribution in [-0.4, -0.2) is 24.3 Å². The summed E-state index contributed by atoms with van der Waals surface area (Å²) in [7, 11) is 0. The molecule has 0 unspecified atom stereocenters. The second kappa shape index (κ2) is 10.8. The van der Waals surface area contributed by atoms with Crippen LogP contribution in [0.4, 0.5) is 13.2 Å². The van der Waals surface area contributed by atoms with Gasteiger partial charge in [-0.3, -0.25) is 0 Å². The maximum absolute atomic E-state index is 15.2. The number of halogens is 5. The van der Waals surface area contributed by atoms with Crippen molar-refractivity contribution in [2.24, 2.45) is 0 Å². The lowest BCUT2D eigenvalue weighted by Gasteiger charge is -2.15. The van der Waals surface area contributed by atoms with Gasteiger partial charge >= 0.3 is 5.97 Å². The van der Waals surface area contributed by atoms with E-state index in [1.165, 1.54) is 36.4 Å². The molecule has 0 aromatic heterocycles. The molecule has 33 heavy (non-hydrogen) atoms. The minimum atomic E-state index is -0.953. The molecule has 0 aliphatic carbocycles. The standard InChI is InChI=1S/C24H19Cl2F3O4/c1-2-32-21(31)12-33-20-11-18(25)16(22(26)24(20)29)10-14-5-8-19(30)17(23(14)28)9-13-3-6-15(27)7-4-13/h3-8,11,30H,2,9-10,12H2,1H3. The summed E-state index contributed by atoms with van der Waals surface area (Å²) in [6, 6.07) is 9.25. The van der Waals surface area contributed by atoms with Crippen LogP contribution >= 0.6 is 23.2 Å². The van der Waals surface area contributed by atoms with Crippen molar-refractivity contribution in [2.75, 3.05) is 13.2 Å². The lowest BCUT2D eigenvalue weighted by molar-refractivity contribution is -0.145. The Labute approximate surface area is 198 Å². The van der Waals surface area contributed by atoms with E-state index in [2.05, 4.69) is 0 Å². The molecule has 0 saturated carbocycles. The molecule has 0 aliphatic heterocycles. The molecule has 0 saturated heterocycles. The van der Waals surface area contributed by atoms with Crippen LogP contribution in [0.15, 0.2) is 42.5 Å². The summed E-state index contributed by atoms with van der Waals surface area (Å²) < 4.78 is 52.9. The topological polar surface area (TPSA) is 55.8 Å². The number of carbonyl (C=O) groups excluding carboxylic acids is 1. The summed E-state index contributed by atoms with van der Waals surface area (Å²) in [5, 5.41) is 9.78. The van der Waals surface area contributed by atoms with Crippen molar-refractivity contribution >= 4 is 29.2 Å². The van der Waals surface area contributed by atoms with E-state index >= 15 is 4.39 Å². The third kappa shape index (κ3) is 5.92. The number of phenols is 1. The van der Waals surface area contributed by atoms with Gasteiger partial charge in [0.1, 0.15) is 17.4 Å². The van der Waals surface area contributed by atoms with Crippen LogP contribution in [0.3, 0.4) is 0 Å². The van der Waals surface area contributed by atoms with Crippen molar-refractivity contribution in [2.45, 2.75) is 19.8 Å². The molecule has 0 heterocycles. The Morgan fingerprint density at radius 1 is 0.970 bits per heavy atom. The van der Waals surface area contributed by atoms with Crippen molar-refractivity contribution in [3.8, 4) is 11.5 Å². The number of ether oxygens (including phenoxy) is 2. The van der Waals surface area contributed by atoms with Crippen LogP contribution in [0, 0.1) is 17.5 Å². The fourth-order valence-electron chi connectivity index (χ4n) is 3.18. The molecule has 174 valence electrons. The van der Waals surface area contributed by atoms with Gasteiger partial charge in [-0.1, -0.05) is 41.4 Å². The van der Waals surface area contributed by atoms with Gasteiger partial charge in [0.25, 0.3) is 0 Å². The molecule has 9 heteroatoms. The Bertz CT molecular complexity index is 1170. The maximum atomic E-state index is 15.2. The summed E-state index contributed by atoms with van der Waals surface area (Å²) in [6.45, 7) is 1.23. The fourth-order valence-corrected chi connectivity index (χ4v) is 3.75. The molecule has 3 aromatic rings. The van der Waals surface area contributed by atoms with Gasteiger partial charge in [-0.15, -0.1) is 0 Å². The summed E-state index contributed by atoms with van der Waals surface area (Å²) in [6.07, 6.45) is -0.155. The smallest absolute Gasteiger partial charge is 0.344 e. The van der Waals surface area contributed by atoms with Gasteiger partial charge in [0, 0.05) is 29.5 Å². The van der Waals surface area contributed by atoms with Crippen LogP contribution in [0.1, 0.15) is 29.2 Å². The third-order valence-electron chi connectivity index (χ3n) is 4.83. The minimum absolute atomic E-state index is 0.00113. The highest BCUT2D eigenvalue weighted by Gasteiger charge is 2.21. The number of hydrogen-bond acceptors (Lipinski definition) is 4. The lowest BCUT2D eigenvalue weighted by atomic mass is 9.97. The Morgan fingerprint density at radius 3 is 2.33 bits per heavy atom. The molecule has 0 amide bonds. The van der Waals surface area contributed by atoms with Gasteiger partial charge in [0.15, 0.2) is 18.2 Å². The van der Waals surface area contributed by atoms with Crippen LogP contribution < -0.4 is 4.74 Å². The predicted molar refractivity (Wildman–Crippen MR) is 119 cm³/mol. The zero-order chi connectivity index (χ0) is 24.1. The molecule has 0 radical (unpaired) electrons. The van der Waals surface area contributed by atoms with E-state index in [1.54, 1.807) is 6.92 Å². The number of rotatable bonds is 8. The van der Waals surface area contributed by atoms with E-state index in [9.17, 15) is 18.7 Å². The molecule has 3 rings (SSSR count).